The second-order valence-electron chi connectivity index (χ2n) is 12.7. The zero-order valence-electron chi connectivity index (χ0n) is 29.8. The Bertz CT molecular complexity index is 1680. The molecular formula is C39H49N3O7S2. The summed E-state index contributed by atoms with van der Waals surface area (Å²) in [7, 11) is -1.52. The number of hydrogen-bond donors (Lipinski definition) is 3. The predicted octanol–water partition coefficient (Wildman–Crippen LogP) is 7.17. The van der Waals surface area contributed by atoms with Gasteiger partial charge in [-0.3, -0.25) is 23.5 Å². The van der Waals surface area contributed by atoms with E-state index >= 15 is 0 Å². The van der Waals surface area contributed by atoms with Gasteiger partial charge >= 0.3 is 5.97 Å². The number of unbranched alkanes of at least 4 members (excludes halogenated alkanes) is 2. The molecule has 3 atom stereocenters. The number of thioether (sulfide) groups is 1. The quantitative estimate of drug-likeness (QED) is 0.117. The van der Waals surface area contributed by atoms with Crippen molar-refractivity contribution in [1.29, 1.82) is 0 Å². The molecule has 10 nitrogen and oxygen atoms in total. The highest BCUT2D eigenvalue weighted by Crippen LogP contribution is 2.47. The molecule has 0 aromatic heterocycles. The average Bonchev–Trinajstić information content (AvgIpc) is 3.22. The third kappa shape index (κ3) is 9.79. The highest BCUT2D eigenvalue weighted by molar-refractivity contribution is 7.98. The number of fused-ring (bicyclic) bond motifs is 1. The van der Waals surface area contributed by atoms with Crippen LogP contribution in [0, 0.1) is 5.41 Å². The lowest BCUT2D eigenvalue weighted by Gasteiger charge is -2.35. The Hall–Kier alpha value is -4.16. The molecule has 0 radical (unpaired) electrons. The Kier molecular flexibility index (Phi) is 14.7. The van der Waals surface area contributed by atoms with Gasteiger partial charge in [0.25, 0.3) is 0 Å². The van der Waals surface area contributed by atoms with Gasteiger partial charge in [0.05, 0.1) is 44.7 Å². The molecule has 1 heterocycles. The van der Waals surface area contributed by atoms with Crippen LogP contribution in [0.15, 0.2) is 82.6 Å². The zero-order valence-corrected chi connectivity index (χ0v) is 31.4. The van der Waals surface area contributed by atoms with E-state index in [1.54, 1.807) is 48.2 Å². The number of para-hydroxylation sites is 1. The number of ether oxygens (including phenoxy) is 1. The van der Waals surface area contributed by atoms with Crippen LogP contribution in [0.4, 0.5) is 11.4 Å². The Balaban J connectivity index is 1.61. The van der Waals surface area contributed by atoms with Crippen LogP contribution in [0.25, 0.3) is 0 Å². The van der Waals surface area contributed by atoms with Crippen molar-refractivity contribution in [1.82, 2.24) is 10.6 Å². The molecule has 3 N–H and O–H groups in total. The standard InChI is InChI=1S/C39H49N3O7S2/c1-5-8-21-39(22-9-6-2)26-51(48)33-25-31(32(50-4)24-30(33)42(38(39)47)28-18-14-11-15-19-28)49-23-20-34(43)41-35(27-16-12-10-13-17-27)36(44)40-29(7-3)37(45)46/h10-19,24-25,29,35H,5-9,20-23,26H2,1-4H3,(H,40,44)(H,41,43)(H,45,46)/t29-,35+,51?/m0/s1. The molecule has 1 aliphatic heterocycles. The number of anilines is 2. The molecule has 51 heavy (non-hydrogen) atoms. The van der Waals surface area contributed by atoms with Crippen LogP contribution in [-0.4, -0.2) is 57.7 Å². The van der Waals surface area contributed by atoms with E-state index < -0.39 is 46.1 Å². The lowest BCUT2D eigenvalue weighted by Crippen LogP contribution is -2.47. The Morgan fingerprint density at radius 1 is 0.961 bits per heavy atom. The molecule has 4 rings (SSSR count). The Labute approximate surface area is 307 Å². The molecule has 0 spiro atoms. The van der Waals surface area contributed by atoms with E-state index in [1.807, 2.05) is 42.7 Å². The first-order valence-electron chi connectivity index (χ1n) is 17.6. The monoisotopic (exact) mass is 735 g/mol. The third-order valence-corrected chi connectivity index (χ3v) is 11.5. The van der Waals surface area contributed by atoms with Crippen LogP contribution in [0.2, 0.25) is 0 Å². The van der Waals surface area contributed by atoms with Gasteiger partial charge in [0, 0.05) is 11.4 Å². The molecule has 274 valence electrons. The number of amides is 3. The summed E-state index contributed by atoms with van der Waals surface area (Å²) in [6.07, 6.45) is 6.82. The van der Waals surface area contributed by atoms with Gasteiger partial charge in [0.15, 0.2) is 0 Å². The van der Waals surface area contributed by atoms with Gasteiger partial charge in [-0.15, -0.1) is 11.8 Å². The fourth-order valence-electron chi connectivity index (χ4n) is 6.27. The minimum atomic E-state index is -1.52. The normalized spacial score (nSPS) is 16.4. The fraction of sp³-hybridized carbons (Fsp3) is 0.436. The third-order valence-electron chi connectivity index (χ3n) is 9.14. The summed E-state index contributed by atoms with van der Waals surface area (Å²) < 4.78 is 20.5. The molecule has 0 bridgehead atoms. The smallest absolute Gasteiger partial charge is 0.326 e. The summed E-state index contributed by atoms with van der Waals surface area (Å²) in [5.74, 6) is -1.63. The largest absolute Gasteiger partial charge is 0.492 e. The Morgan fingerprint density at radius 2 is 1.59 bits per heavy atom. The Morgan fingerprint density at radius 3 is 2.16 bits per heavy atom. The summed E-state index contributed by atoms with van der Waals surface area (Å²) >= 11 is 1.42. The first kappa shape index (κ1) is 39.6. The van der Waals surface area contributed by atoms with E-state index in [-0.39, 0.29) is 31.1 Å². The van der Waals surface area contributed by atoms with E-state index in [0.717, 1.165) is 30.6 Å². The molecule has 1 unspecified atom stereocenters. The summed E-state index contributed by atoms with van der Waals surface area (Å²) in [5, 5.41) is 14.7. The maximum atomic E-state index is 14.7. The van der Waals surface area contributed by atoms with Crippen molar-refractivity contribution < 1.29 is 33.2 Å². The topological polar surface area (TPSA) is 142 Å². The van der Waals surface area contributed by atoms with E-state index in [1.165, 1.54) is 11.8 Å². The number of carboxylic acid groups (broad SMARTS) is 1. The van der Waals surface area contributed by atoms with Crippen molar-refractivity contribution >= 4 is 57.6 Å². The van der Waals surface area contributed by atoms with Crippen molar-refractivity contribution in [3.63, 3.8) is 0 Å². The van der Waals surface area contributed by atoms with Crippen LogP contribution in [0.3, 0.4) is 0 Å². The number of hydrogen-bond acceptors (Lipinski definition) is 7. The highest BCUT2D eigenvalue weighted by atomic mass is 32.2. The van der Waals surface area contributed by atoms with Gasteiger partial charge in [-0.25, -0.2) is 4.79 Å². The molecule has 0 saturated heterocycles. The second kappa shape index (κ2) is 18.9. The van der Waals surface area contributed by atoms with Crippen molar-refractivity contribution in [3.05, 3.63) is 78.4 Å². The molecule has 0 aliphatic carbocycles. The van der Waals surface area contributed by atoms with Gasteiger partial charge in [-0.1, -0.05) is 95.0 Å². The zero-order chi connectivity index (χ0) is 37.0. The van der Waals surface area contributed by atoms with Gasteiger partial charge in [-0.2, -0.15) is 0 Å². The van der Waals surface area contributed by atoms with Gasteiger partial charge in [-0.05, 0) is 55.3 Å². The predicted molar refractivity (Wildman–Crippen MR) is 202 cm³/mol. The molecule has 12 heteroatoms. The summed E-state index contributed by atoms with van der Waals surface area (Å²) in [6.45, 7) is 5.81. The second-order valence-corrected chi connectivity index (χ2v) is 15.0. The summed E-state index contributed by atoms with van der Waals surface area (Å²) in [4.78, 5) is 55.6. The van der Waals surface area contributed by atoms with Crippen molar-refractivity contribution in [2.75, 3.05) is 23.5 Å². The number of benzene rings is 3. The number of carboxylic acids is 1. The maximum absolute atomic E-state index is 14.7. The van der Waals surface area contributed by atoms with Gasteiger partial charge < -0.3 is 20.5 Å². The molecule has 3 aromatic rings. The fourth-order valence-corrected chi connectivity index (χ4v) is 8.51. The maximum Gasteiger partial charge on any atom is 0.326 e. The van der Waals surface area contributed by atoms with E-state index in [9.17, 15) is 28.5 Å². The number of nitrogens with one attached hydrogen (secondary N) is 2. The molecule has 0 fully saturated rings. The molecule has 3 aromatic carbocycles. The van der Waals surface area contributed by atoms with E-state index in [4.69, 9.17) is 4.74 Å². The SMILES string of the molecule is CCCCC1(CCCC)CS(=O)c2cc(OCCC(=O)N[C@@H](C(=O)N[C@@H](CC)C(=O)O)c3ccccc3)c(SC)cc2N(c2ccccc2)C1=O. The molecular weight excluding hydrogens is 687 g/mol. The first-order chi connectivity index (χ1) is 24.6. The van der Waals surface area contributed by atoms with Crippen LogP contribution in [0.1, 0.15) is 83.7 Å². The molecule has 1 aliphatic rings. The minimum absolute atomic E-state index is 0.0364. The van der Waals surface area contributed by atoms with Crippen LogP contribution >= 0.6 is 11.8 Å². The van der Waals surface area contributed by atoms with Crippen LogP contribution in [0.5, 0.6) is 5.75 Å². The van der Waals surface area contributed by atoms with Crippen LogP contribution in [-0.2, 0) is 30.0 Å². The van der Waals surface area contributed by atoms with Gasteiger partial charge in [0.1, 0.15) is 17.8 Å². The highest BCUT2D eigenvalue weighted by Gasteiger charge is 2.46. The van der Waals surface area contributed by atoms with Crippen LogP contribution < -0.4 is 20.3 Å². The number of carbonyl (C=O) groups is 4. The van der Waals surface area contributed by atoms with E-state index in [2.05, 4.69) is 24.5 Å². The number of aliphatic carboxylic acids is 1. The van der Waals surface area contributed by atoms with E-state index in [0.29, 0.717) is 40.4 Å². The molecule has 0 saturated carbocycles. The average molecular weight is 736 g/mol. The first-order valence-corrected chi connectivity index (χ1v) is 20.1. The number of rotatable bonds is 18. The van der Waals surface area contributed by atoms with Crippen molar-refractivity contribution in [3.8, 4) is 5.75 Å². The minimum Gasteiger partial charge on any atom is -0.492 e. The number of nitrogens with zero attached hydrogens (tertiary/aromatic N) is 1. The lowest BCUT2D eigenvalue weighted by atomic mass is 9.78. The number of carbonyl (C=O) groups excluding carboxylic acids is 3. The van der Waals surface area contributed by atoms with Crippen molar-refractivity contribution in [2.45, 2.75) is 94.0 Å². The summed E-state index contributed by atoms with van der Waals surface area (Å²) in [5.41, 5.74) is 1.00. The van der Waals surface area contributed by atoms with Gasteiger partial charge in [0.2, 0.25) is 17.7 Å². The summed E-state index contributed by atoms with van der Waals surface area (Å²) in [6, 6.07) is 19.5. The lowest BCUT2D eigenvalue weighted by molar-refractivity contribution is -0.142. The molecule has 3 amide bonds. The van der Waals surface area contributed by atoms with Crippen molar-refractivity contribution in [2.24, 2.45) is 5.41 Å².